The van der Waals surface area contributed by atoms with Gasteiger partial charge in [0, 0.05) is 22.8 Å². The molecule has 0 aliphatic rings. The van der Waals surface area contributed by atoms with Crippen LogP contribution in [-0.2, 0) is 0 Å². The van der Waals surface area contributed by atoms with Gasteiger partial charge < -0.3 is 11.1 Å². The number of aromatic nitrogens is 1. The highest BCUT2D eigenvalue weighted by atomic mass is 19.1. The largest absolute Gasteiger partial charge is 0.399 e. The first kappa shape index (κ1) is 12.3. The van der Waals surface area contributed by atoms with E-state index in [1.165, 1.54) is 12.1 Å². The molecule has 3 N–H and O–H groups in total. The van der Waals surface area contributed by atoms with Crippen LogP contribution in [0.2, 0.25) is 0 Å². The van der Waals surface area contributed by atoms with Crippen molar-refractivity contribution in [3.63, 3.8) is 0 Å². The summed E-state index contributed by atoms with van der Waals surface area (Å²) in [5, 5.41) is 3.77. The molecule has 0 bridgehead atoms. The second-order valence-corrected chi connectivity index (χ2v) is 4.43. The molecule has 3 nitrogen and oxygen atoms in total. The van der Waals surface area contributed by atoms with Gasteiger partial charge >= 0.3 is 0 Å². The highest BCUT2D eigenvalue weighted by Gasteiger charge is 2.03. The van der Waals surface area contributed by atoms with Gasteiger partial charge in [-0.25, -0.2) is 13.8 Å². The van der Waals surface area contributed by atoms with Crippen molar-refractivity contribution in [2.24, 2.45) is 0 Å². The maximum absolute atomic E-state index is 13.1. The van der Waals surface area contributed by atoms with Crippen LogP contribution in [0, 0.1) is 11.6 Å². The van der Waals surface area contributed by atoms with E-state index in [4.69, 9.17) is 5.73 Å². The van der Waals surface area contributed by atoms with Gasteiger partial charge in [-0.3, -0.25) is 0 Å². The predicted molar refractivity (Wildman–Crippen MR) is 75.8 cm³/mol. The third-order valence-corrected chi connectivity index (χ3v) is 2.85. The van der Waals surface area contributed by atoms with Crippen LogP contribution < -0.4 is 11.1 Å². The van der Waals surface area contributed by atoms with E-state index in [-0.39, 0.29) is 0 Å². The maximum Gasteiger partial charge on any atom is 0.131 e. The number of nitrogens with zero attached hydrogens (tertiary/aromatic N) is 1. The summed E-state index contributed by atoms with van der Waals surface area (Å²) in [5.41, 5.74) is 7.41. The number of rotatable bonds is 2. The fraction of sp³-hybridized carbons (Fsp3) is 0. The molecule has 0 unspecified atom stereocenters. The molecule has 0 aliphatic heterocycles. The quantitative estimate of drug-likeness (QED) is 0.696. The van der Waals surface area contributed by atoms with Crippen LogP contribution >= 0.6 is 0 Å². The van der Waals surface area contributed by atoms with Crippen molar-refractivity contribution in [3.05, 3.63) is 60.2 Å². The van der Waals surface area contributed by atoms with Crippen molar-refractivity contribution in [2.75, 3.05) is 11.1 Å². The molecule has 1 heterocycles. The average Bonchev–Trinajstić information content (AvgIpc) is 2.38. The van der Waals surface area contributed by atoms with Gasteiger partial charge in [0.25, 0.3) is 0 Å². The Balaban J connectivity index is 1.96. The lowest BCUT2D eigenvalue weighted by Gasteiger charge is -2.07. The molecule has 0 atom stereocenters. The monoisotopic (exact) mass is 271 g/mol. The molecular formula is C15H11F2N3. The zero-order valence-electron chi connectivity index (χ0n) is 10.4. The standard InChI is InChI=1S/C15H11F2N3/c16-10-6-11(17)8-13(7-10)19-15-4-1-9-5-12(18)2-3-14(9)20-15/h1-8H,18H2,(H,19,20). The van der Waals surface area contributed by atoms with Gasteiger partial charge in [-0.15, -0.1) is 0 Å². The molecule has 100 valence electrons. The second-order valence-electron chi connectivity index (χ2n) is 4.43. The van der Waals surface area contributed by atoms with Crippen molar-refractivity contribution in [1.29, 1.82) is 0 Å². The van der Waals surface area contributed by atoms with E-state index in [1.807, 2.05) is 12.1 Å². The number of anilines is 3. The highest BCUT2D eigenvalue weighted by Crippen LogP contribution is 2.21. The number of nitrogen functional groups attached to an aromatic ring is 1. The smallest absolute Gasteiger partial charge is 0.131 e. The molecule has 0 radical (unpaired) electrons. The summed E-state index contributed by atoms with van der Waals surface area (Å²) >= 11 is 0. The predicted octanol–water partition coefficient (Wildman–Crippen LogP) is 3.84. The number of nitrogens with one attached hydrogen (secondary N) is 1. The minimum absolute atomic E-state index is 0.310. The lowest BCUT2D eigenvalue weighted by Crippen LogP contribution is -1.95. The van der Waals surface area contributed by atoms with Crippen LogP contribution in [0.1, 0.15) is 0 Å². The molecule has 0 spiro atoms. The SMILES string of the molecule is Nc1ccc2nc(Nc3cc(F)cc(F)c3)ccc2c1. The summed E-state index contributed by atoms with van der Waals surface area (Å²) in [7, 11) is 0. The Hall–Kier alpha value is -2.69. The van der Waals surface area contributed by atoms with Gasteiger partial charge in [-0.1, -0.05) is 0 Å². The fourth-order valence-corrected chi connectivity index (χ4v) is 1.99. The molecule has 3 rings (SSSR count). The van der Waals surface area contributed by atoms with Gasteiger partial charge in [-0.2, -0.15) is 0 Å². The van der Waals surface area contributed by atoms with E-state index in [0.29, 0.717) is 17.2 Å². The molecule has 0 saturated heterocycles. The van der Waals surface area contributed by atoms with Crippen molar-refractivity contribution in [3.8, 4) is 0 Å². The summed E-state index contributed by atoms with van der Waals surface area (Å²) in [6.07, 6.45) is 0. The number of pyridine rings is 1. The third-order valence-electron chi connectivity index (χ3n) is 2.85. The van der Waals surface area contributed by atoms with E-state index in [9.17, 15) is 8.78 Å². The van der Waals surface area contributed by atoms with Crippen LogP contribution in [0.5, 0.6) is 0 Å². The number of hydrogen-bond acceptors (Lipinski definition) is 3. The molecule has 0 fully saturated rings. The number of hydrogen-bond donors (Lipinski definition) is 2. The fourth-order valence-electron chi connectivity index (χ4n) is 1.99. The van der Waals surface area contributed by atoms with Crippen molar-refractivity contribution in [2.45, 2.75) is 0 Å². The van der Waals surface area contributed by atoms with E-state index < -0.39 is 11.6 Å². The van der Waals surface area contributed by atoms with E-state index in [2.05, 4.69) is 10.3 Å². The number of benzene rings is 2. The Morgan fingerprint density at radius 2 is 1.65 bits per heavy atom. The molecule has 0 saturated carbocycles. The van der Waals surface area contributed by atoms with Crippen molar-refractivity contribution in [1.82, 2.24) is 4.98 Å². The first-order chi connectivity index (χ1) is 9.60. The lowest BCUT2D eigenvalue weighted by atomic mass is 10.2. The summed E-state index contributed by atoms with van der Waals surface area (Å²) in [6.45, 7) is 0. The van der Waals surface area contributed by atoms with E-state index in [0.717, 1.165) is 17.0 Å². The molecule has 0 amide bonds. The molecule has 0 aliphatic carbocycles. The van der Waals surface area contributed by atoms with Crippen molar-refractivity contribution >= 4 is 28.1 Å². The molecule has 2 aromatic carbocycles. The Morgan fingerprint density at radius 1 is 0.900 bits per heavy atom. The lowest BCUT2D eigenvalue weighted by molar-refractivity contribution is 0.584. The first-order valence-corrected chi connectivity index (χ1v) is 5.99. The first-order valence-electron chi connectivity index (χ1n) is 5.99. The Morgan fingerprint density at radius 3 is 2.40 bits per heavy atom. The highest BCUT2D eigenvalue weighted by molar-refractivity contribution is 5.83. The van der Waals surface area contributed by atoms with E-state index >= 15 is 0 Å². The van der Waals surface area contributed by atoms with Crippen LogP contribution in [0.3, 0.4) is 0 Å². The number of fused-ring (bicyclic) bond motifs is 1. The van der Waals surface area contributed by atoms with Crippen LogP contribution in [0.4, 0.5) is 26.0 Å². The zero-order valence-corrected chi connectivity index (χ0v) is 10.4. The molecule has 1 aromatic heterocycles. The van der Waals surface area contributed by atoms with Gasteiger partial charge in [-0.05, 0) is 42.5 Å². The molecule has 3 aromatic rings. The third kappa shape index (κ3) is 2.51. The normalized spacial score (nSPS) is 10.7. The Kier molecular flexibility index (Phi) is 2.95. The van der Waals surface area contributed by atoms with Crippen LogP contribution in [0.25, 0.3) is 10.9 Å². The molecular weight excluding hydrogens is 260 g/mol. The minimum Gasteiger partial charge on any atom is -0.399 e. The van der Waals surface area contributed by atoms with Crippen LogP contribution in [0.15, 0.2) is 48.5 Å². The van der Waals surface area contributed by atoms with Crippen LogP contribution in [-0.4, -0.2) is 4.98 Å². The van der Waals surface area contributed by atoms with Gasteiger partial charge in [0.15, 0.2) is 0 Å². The summed E-state index contributed by atoms with van der Waals surface area (Å²) in [5.74, 6) is -0.769. The Labute approximate surface area is 114 Å². The van der Waals surface area contributed by atoms with E-state index in [1.54, 1.807) is 18.2 Å². The zero-order chi connectivity index (χ0) is 14.1. The summed E-state index contributed by atoms with van der Waals surface area (Å²) in [4.78, 5) is 4.36. The van der Waals surface area contributed by atoms with Crippen molar-refractivity contribution < 1.29 is 8.78 Å². The average molecular weight is 271 g/mol. The number of halogens is 2. The second kappa shape index (κ2) is 4.77. The molecule has 5 heteroatoms. The van der Waals surface area contributed by atoms with Gasteiger partial charge in [0.2, 0.25) is 0 Å². The number of nitrogens with two attached hydrogens (primary N) is 1. The minimum atomic E-state index is -0.638. The summed E-state index contributed by atoms with van der Waals surface area (Å²) < 4.78 is 26.2. The van der Waals surface area contributed by atoms with Gasteiger partial charge in [0.1, 0.15) is 17.5 Å². The topological polar surface area (TPSA) is 50.9 Å². The Bertz CT molecular complexity index is 767. The van der Waals surface area contributed by atoms with Gasteiger partial charge in [0.05, 0.1) is 5.52 Å². The maximum atomic E-state index is 13.1. The summed E-state index contributed by atoms with van der Waals surface area (Å²) in [6, 6.07) is 12.2. The molecule has 20 heavy (non-hydrogen) atoms.